The molecule has 0 aliphatic heterocycles. The van der Waals surface area contributed by atoms with Gasteiger partial charge in [-0.25, -0.2) is 0 Å². The second-order valence-electron chi connectivity index (χ2n) is 8.81. The Morgan fingerprint density at radius 2 is 0.889 bits per heavy atom. The van der Waals surface area contributed by atoms with Crippen LogP contribution in [0.4, 0.5) is 0 Å². The summed E-state index contributed by atoms with van der Waals surface area (Å²) in [5, 5.41) is 15.9. The number of hydrogen-bond donors (Lipinski definition) is 0. The first-order chi connectivity index (χ1) is 17.7. The van der Waals surface area contributed by atoms with E-state index in [1.807, 2.05) is 42.5 Å². The van der Waals surface area contributed by atoms with E-state index in [1.54, 1.807) is 12.1 Å². The van der Waals surface area contributed by atoms with E-state index in [-0.39, 0.29) is 5.75 Å². The molecule has 0 saturated carbocycles. The quantitative estimate of drug-likeness (QED) is 0.233. The zero-order valence-electron chi connectivity index (χ0n) is 20.8. The maximum absolute atomic E-state index is 11.4. The first-order valence-corrected chi connectivity index (χ1v) is 14.5. The van der Waals surface area contributed by atoms with Gasteiger partial charge in [0.25, 0.3) is 0 Å². The maximum Gasteiger partial charge on any atom is 0.112 e. The predicted molar refractivity (Wildman–Crippen MR) is 155 cm³/mol. The smallest absolute Gasteiger partial charge is 0.112 e. The zero-order valence-corrected chi connectivity index (χ0v) is 21.7. The summed E-state index contributed by atoms with van der Waals surface area (Å²) >= 11 is 0. The van der Waals surface area contributed by atoms with Crippen LogP contribution in [0.25, 0.3) is 0 Å². The lowest BCUT2D eigenvalue weighted by atomic mass is 10.0. The first-order valence-electron chi connectivity index (χ1n) is 12.6. The second kappa shape index (κ2) is 12.9. The Bertz CT molecular complexity index is 1210. The fourth-order valence-electron chi connectivity index (χ4n) is 4.68. The fraction of sp³-hybridized carbons (Fsp3) is 0.118. The summed E-state index contributed by atoms with van der Waals surface area (Å²) in [4.78, 5) is 0. The molecule has 0 amide bonds. The second-order valence-corrected chi connectivity index (χ2v) is 12.4. The first kappa shape index (κ1) is 25.4. The van der Waals surface area contributed by atoms with Crippen LogP contribution in [0.15, 0.2) is 146 Å². The van der Waals surface area contributed by atoms with Gasteiger partial charge in [-0.05, 0) is 54.8 Å². The third-order valence-electron chi connectivity index (χ3n) is 6.36. The van der Waals surface area contributed by atoms with E-state index in [9.17, 15) is 5.11 Å². The lowest BCUT2D eigenvalue weighted by Gasteiger charge is -2.27. The molecule has 0 fully saturated rings. The van der Waals surface area contributed by atoms with Crippen LogP contribution in [0.1, 0.15) is 24.5 Å². The van der Waals surface area contributed by atoms with Gasteiger partial charge in [-0.1, -0.05) is 122 Å². The van der Waals surface area contributed by atoms with Crippen LogP contribution in [0.3, 0.4) is 0 Å². The van der Waals surface area contributed by atoms with Gasteiger partial charge in [0.15, 0.2) is 0 Å². The molecule has 36 heavy (non-hydrogen) atoms. The van der Waals surface area contributed by atoms with E-state index < -0.39 is 7.26 Å². The standard InChI is InChI=1S/C21H22P.C13H12O/c1-2-18-22(19-12-6-3-7-13-19,20-14-8-4-9-15-20)21-16-10-5-11-17-21;14-13-9-5-4-8-12(13)10-11-6-2-1-3-7-11/h3-17H,2,18H2,1H3;1-9,14H,10H2/q+1;/p-1. The minimum Gasteiger partial charge on any atom is -0.872 e. The Hall–Kier alpha value is -3.67. The molecular weight excluding hydrogens is 455 g/mol. The lowest BCUT2D eigenvalue weighted by molar-refractivity contribution is -0.269. The van der Waals surface area contributed by atoms with Crippen LogP contribution < -0.4 is 21.0 Å². The summed E-state index contributed by atoms with van der Waals surface area (Å²) < 4.78 is 0. The molecule has 0 atom stereocenters. The highest BCUT2D eigenvalue weighted by molar-refractivity contribution is 7.95. The van der Waals surface area contributed by atoms with Crippen molar-refractivity contribution in [3.05, 3.63) is 157 Å². The van der Waals surface area contributed by atoms with Crippen molar-refractivity contribution in [2.45, 2.75) is 19.8 Å². The van der Waals surface area contributed by atoms with E-state index >= 15 is 0 Å². The molecule has 0 unspecified atom stereocenters. The van der Waals surface area contributed by atoms with Gasteiger partial charge in [-0.15, -0.1) is 5.75 Å². The third-order valence-corrected chi connectivity index (χ3v) is 11.0. The Kier molecular flexibility index (Phi) is 9.09. The van der Waals surface area contributed by atoms with Gasteiger partial charge in [0.05, 0.1) is 6.16 Å². The summed E-state index contributed by atoms with van der Waals surface area (Å²) in [6.07, 6.45) is 3.12. The number of para-hydroxylation sites is 1. The van der Waals surface area contributed by atoms with Crippen molar-refractivity contribution >= 4 is 23.2 Å². The van der Waals surface area contributed by atoms with Crippen molar-refractivity contribution in [3.8, 4) is 5.75 Å². The van der Waals surface area contributed by atoms with Crippen LogP contribution in [-0.2, 0) is 6.42 Å². The molecule has 5 aromatic rings. The average molecular weight is 489 g/mol. The normalized spacial score (nSPS) is 10.8. The summed E-state index contributed by atoms with van der Waals surface area (Å²) in [5.41, 5.74) is 2.04. The molecule has 0 radical (unpaired) electrons. The number of hydrogen-bond acceptors (Lipinski definition) is 1. The Balaban J connectivity index is 0.000000187. The Morgan fingerprint density at radius 3 is 1.31 bits per heavy atom. The SMILES string of the molecule is CCC[P+](c1ccccc1)(c1ccccc1)c1ccccc1.[O-]c1ccccc1Cc1ccccc1. The van der Waals surface area contributed by atoms with Gasteiger partial charge in [-0.2, -0.15) is 0 Å². The van der Waals surface area contributed by atoms with Crippen molar-refractivity contribution in [1.82, 2.24) is 0 Å². The fourth-order valence-corrected chi connectivity index (χ4v) is 9.07. The van der Waals surface area contributed by atoms with Gasteiger partial charge in [-0.3, -0.25) is 0 Å². The highest BCUT2D eigenvalue weighted by atomic mass is 31.2. The van der Waals surface area contributed by atoms with Gasteiger partial charge in [0.2, 0.25) is 0 Å². The number of rotatable bonds is 7. The highest BCUT2D eigenvalue weighted by Crippen LogP contribution is 2.55. The topological polar surface area (TPSA) is 23.1 Å². The molecule has 1 nitrogen and oxygen atoms in total. The largest absolute Gasteiger partial charge is 0.872 e. The number of benzene rings is 5. The van der Waals surface area contributed by atoms with Crippen LogP contribution in [0, 0.1) is 0 Å². The minimum atomic E-state index is -1.55. The summed E-state index contributed by atoms with van der Waals surface area (Å²) in [6, 6.07) is 50.4. The van der Waals surface area contributed by atoms with Gasteiger partial charge < -0.3 is 5.11 Å². The molecule has 0 spiro atoms. The van der Waals surface area contributed by atoms with Gasteiger partial charge in [0, 0.05) is 0 Å². The average Bonchev–Trinajstić information content (AvgIpc) is 2.95. The van der Waals surface area contributed by atoms with Crippen molar-refractivity contribution in [1.29, 1.82) is 0 Å². The Morgan fingerprint density at radius 1 is 0.500 bits per heavy atom. The molecule has 0 heterocycles. The van der Waals surface area contributed by atoms with E-state index in [1.165, 1.54) is 34.1 Å². The van der Waals surface area contributed by atoms with Crippen LogP contribution in [-0.4, -0.2) is 6.16 Å². The lowest BCUT2D eigenvalue weighted by Crippen LogP contribution is -2.33. The van der Waals surface area contributed by atoms with Gasteiger partial charge in [0.1, 0.15) is 23.2 Å². The molecule has 5 rings (SSSR count). The van der Waals surface area contributed by atoms with Crippen LogP contribution in [0.5, 0.6) is 5.75 Å². The van der Waals surface area contributed by atoms with Crippen LogP contribution in [0.2, 0.25) is 0 Å². The van der Waals surface area contributed by atoms with Crippen molar-refractivity contribution in [3.63, 3.8) is 0 Å². The Labute approximate surface area is 216 Å². The molecule has 0 aliphatic carbocycles. The van der Waals surface area contributed by atoms with E-state index in [2.05, 4.69) is 97.9 Å². The molecular formula is C34H33OP. The highest BCUT2D eigenvalue weighted by Gasteiger charge is 2.44. The third kappa shape index (κ3) is 6.11. The molecule has 0 aliphatic rings. The summed E-state index contributed by atoms with van der Waals surface area (Å²) in [6.45, 7) is 2.30. The predicted octanol–water partition coefficient (Wildman–Crippen LogP) is 6.74. The molecule has 180 valence electrons. The van der Waals surface area contributed by atoms with Crippen molar-refractivity contribution < 1.29 is 5.11 Å². The molecule has 0 saturated heterocycles. The van der Waals surface area contributed by atoms with Crippen molar-refractivity contribution in [2.24, 2.45) is 0 Å². The zero-order chi connectivity index (χ0) is 25.1. The molecule has 5 aromatic carbocycles. The summed E-state index contributed by atoms with van der Waals surface area (Å²) in [5.74, 6) is 0.122. The van der Waals surface area contributed by atoms with Gasteiger partial charge >= 0.3 is 0 Å². The van der Waals surface area contributed by atoms with E-state index in [4.69, 9.17) is 0 Å². The van der Waals surface area contributed by atoms with E-state index in [0.29, 0.717) is 0 Å². The summed E-state index contributed by atoms with van der Waals surface area (Å²) in [7, 11) is -1.55. The molecule has 0 bridgehead atoms. The minimum absolute atomic E-state index is 0.122. The van der Waals surface area contributed by atoms with Crippen LogP contribution >= 0.6 is 7.26 Å². The molecule has 0 aromatic heterocycles. The van der Waals surface area contributed by atoms with E-state index in [0.717, 1.165) is 12.0 Å². The molecule has 2 heteroatoms. The maximum atomic E-state index is 11.4. The molecule has 0 N–H and O–H groups in total. The van der Waals surface area contributed by atoms with Crippen molar-refractivity contribution in [2.75, 3.05) is 6.16 Å². The monoisotopic (exact) mass is 488 g/mol.